The van der Waals surface area contributed by atoms with E-state index in [1.165, 1.54) is 5.56 Å². The van der Waals surface area contributed by atoms with Crippen molar-refractivity contribution in [1.82, 2.24) is 5.32 Å². The number of primary amides is 1. The standard InChI is InChI=1S/C15H24N2O/c1-4-8-13(12-9-6-5-7-10-12)17-14(11(2)3)15(16)18/h5-7,9-11,13-14,17H,4,8H2,1-3H3,(H2,16,18). The predicted octanol–water partition coefficient (Wildman–Crippen LogP) is 2.63. The van der Waals surface area contributed by atoms with Crippen molar-refractivity contribution in [3.8, 4) is 0 Å². The van der Waals surface area contributed by atoms with E-state index in [4.69, 9.17) is 5.73 Å². The zero-order valence-electron chi connectivity index (χ0n) is 11.5. The number of hydrogen-bond donors (Lipinski definition) is 2. The molecule has 18 heavy (non-hydrogen) atoms. The maximum atomic E-state index is 11.5. The zero-order chi connectivity index (χ0) is 13.5. The fourth-order valence-electron chi connectivity index (χ4n) is 2.14. The van der Waals surface area contributed by atoms with Gasteiger partial charge in [-0.1, -0.05) is 57.5 Å². The van der Waals surface area contributed by atoms with Gasteiger partial charge in [0.25, 0.3) is 0 Å². The van der Waals surface area contributed by atoms with Crippen LogP contribution in [0.2, 0.25) is 0 Å². The van der Waals surface area contributed by atoms with E-state index in [9.17, 15) is 4.79 Å². The maximum Gasteiger partial charge on any atom is 0.234 e. The van der Waals surface area contributed by atoms with Gasteiger partial charge in [0, 0.05) is 6.04 Å². The van der Waals surface area contributed by atoms with Crippen LogP contribution in [0.3, 0.4) is 0 Å². The summed E-state index contributed by atoms with van der Waals surface area (Å²) in [4.78, 5) is 11.5. The monoisotopic (exact) mass is 248 g/mol. The first-order valence-electron chi connectivity index (χ1n) is 6.66. The Morgan fingerprint density at radius 3 is 2.33 bits per heavy atom. The fourth-order valence-corrected chi connectivity index (χ4v) is 2.14. The molecule has 3 nitrogen and oxygen atoms in total. The molecule has 0 aliphatic rings. The molecule has 0 heterocycles. The molecule has 3 heteroatoms. The predicted molar refractivity (Wildman–Crippen MR) is 75.0 cm³/mol. The summed E-state index contributed by atoms with van der Waals surface area (Å²) >= 11 is 0. The lowest BCUT2D eigenvalue weighted by Crippen LogP contribution is -2.46. The van der Waals surface area contributed by atoms with E-state index in [0.717, 1.165) is 12.8 Å². The third-order valence-corrected chi connectivity index (χ3v) is 3.13. The Balaban J connectivity index is 2.83. The van der Waals surface area contributed by atoms with Crippen molar-refractivity contribution >= 4 is 5.91 Å². The van der Waals surface area contributed by atoms with Gasteiger partial charge in [0.15, 0.2) is 0 Å². The Labute approximate surface area is 110 Å². The van der Waals surface area contributed by atoms with Crippen LogP contribution in [0.5, 0.6) is 0 Å². The molecule has 1 aromatic carbocycles. The third kappa shape index (κ3) is 4.15. The molecule has 2 unspecified atom stereocenters. The molecule has 1 aromatic rings. The van der Waals surface area contributed by atoms with Crippen LogP contribution in [-0.2, 0) is 4.79 Å². The lowest BCUT2D eigenvalue weighted by molar-refractivity contribution is -0.121. The molecule has 0 saturated heterocycles. The summed E-state index contributed by atoms with van der Waals surface area (Å²) < 4.78 is 0. The van der Waals surface area contributed by atoms with Gasteiger partial charge in [0.2, 0.25) is 5.91 Å². The molecular weight excluding hydrogens is 224 g/mol. The van der Waals surface area contributed by atoms with Crippen molar-refractivity contribution in [2.24, 2.45) is 11.7 Å². The first kappa shape index (κ1) is 14.7. The topological polar surface area (TPSA) is 55.1 Å². The Morgan fingerprint density at radius 2 is 1.89 bits per heavy atom. The Hall–Kier alpha value is -1.35. The van der Waals surface area contributed by atoms with E-state index in [1.54, 1.807) is 0 Å². The van der Waals surface area contributed by atoms with Gasteiger partial charge in [-0.2, -0.15) is 0 Å². The number of hydrogen-bond acceptors (Lipinski definition) is 2. The van der Waals surface area contributed by atoms with Gasteiger partial charge in [-0.3, -0.25) is 10.1 Å². The third-order valence-electron chi connectivity index (χ3n) is 3.13. The second-order valence-electron chi connectivity index (χ2n) is 5.04. The van der Waals surface area contributed by atoms with Crippen molar-refractivity contribution in [2.75, 3.05) is 0 Å². The molecule has 0 aliphatic heterocycles. The SMILES string of the molecule is CCCC(NC(C(N)=O)C(C)C)c1ccccc1. The van der Waals surface area contributed by atoms with Crippen LogP contribution >= 0.6 is 0 Å². The molecule has 3 N–H and O–H groups in total. The fraction of sp³-hybridized carbons (Fsp3) is 0.533. The summed E-state index contributed by atoms with van der Waals surface area (Å²) in [5.41, 5.74) is 6.67. The molecule has 0 aliphatic carbocycles. The molecule has 0 aromatic heterocycles. The number of rotatable bonds is 7. The molecule has 0 radical (unpaired) electrons. The largest absolute Gasteiger partial charge is 0.368 e. The van der Waals surface area contributed by atoms with Crippen LogP contribution in [0.1, 0.15) is 45.2 Å². The van der Waals surface area contributed by atoms with E-state index in [-0.39, 0.29) is 23.9 Å². The van der Waals surface area contributed by atoms with Crippen molar-refractivity contribution in [2.45, 2.75) is 45.7 Å². The molecule has 0 spiro atoms. The van der Waals surface area contributed by atoms with Crippen molar-refractivity contribution in [1.29, 1.82) is 0 Å². The first-order valence-corrected chi connectivity index (χ1v) is 6.66. The van der Waals surface area contributed by atoms with E-state index in [1.807, 2.05) is 32.0 Å². The van der Waals surface area contributed by atoms with Crippen molar-refractivity contribution in [3.05, 3.63) is 35.9 Å². The summed E-state index contributed by atoms with van der Waals surface area (Å²) in [5.74, 6) is -0.0763. The number of amides is 1. The summed E-state index contributed by atoms with van der Waals surface area (Å²) in [5, 5.41) is 3.40. The number of nitrogens with two attached hydrogens (primary N) is 1. The zero-order valence-corrected chi connectivity index (χ0v) is 11.5. The smallest absolute Gasteiger partial charge is 0.234 e. The Bertz CT molecular complexity index is 362. The van der Waals surface area contributed by atoms with Crippen LogP contribution in [0.15, 0.2) is 30.3 Å². The van der Waals surface area contributed by atoms with Gasteiger partial charge >= 0.3 is 0 Å². The maximum absolute atomic E-state index is 11.5. The average molecular weight is 248 g/mol. The second-order valence-corrected chi connectivity index (χ2v) is 5.04. The number of benzene rings is 1. The van der Waals surface area contributed by atoms with Gasteiger partial charge in [-0.25, -0.2) is 0 Å². The molecule has 1 amide bonds. The summed E-state index contributed by atoms with van der Waals surface area (Å²) in [6, 6.07) is 10.1. The lowest BCUT2D eigenvalue weighted by atomic mass is 9.97. The van der Waals surface area contributed by atoms with Crippen molar-refractivity contribution < 1.29 is 4.79 Å². The molecule has 2 atom stereocenters. The number of nitrogens with one attached hydrogen (secondary N) is 1. The van der Waals surface area contributed by atoms with Gasteiger partial charge in [0.05, 0.1) is 6.04 Å². The van der Waals surface area contributed by atoms with Crippen LogP contribution in [0.25, 0.3) is 0 Å². The van der Waals surface area contributed by atoms with E-state index in [0.29, 0.717) is 0 Å². The highest BCUT2D eigenvalue weighted by molar-refractivity contribution is 5.80. The minimum atomic E-state index is -0.276. The van der Waals surface area contributed by atoms with E-state index in [2.05, 4.69) is 24.4 Å². The lowest BCUT2D eigenvalue weighted by Gasteiger charge is -2.26. The van der Waals surface area contributed by atoms with E-state index < -0.39 is 0 Å². The second kappa shape index (κ2) is 7.17. The molecule has 0 saturated carbocycles. The van der Waals surface area contributed by atoms with Crippen LogP contribution in [0, 0.1) is 5.92 Å². The molecule has 1 rings (SSSR count). The molecular formula is C15H24N2O. The summed E-state index contributed by atoms with van der Waals surface area (Å²) in [7, 11) is 0. The molecule has 0 bridgehead atoms. The Morgan fingerprint density at radius 1 is 1.28 bits per heavy atom. The summed E-state index contributed by atoms with van der Waals surface area (Å²) in [6.45, 7) is 6.17. The van der Waals surface area contributed by atoms with Gasteiger partial charge in [-0.05, 0) is 17.9 Å². The van der Waals surface area contributed by atoms with Crippen LogP contribution < -0.4 is 11.1 Å². The quantitative estimate of drug-likeness (QED) is 0.779. The van der Waals surface area contributed by atoms with Gasteiger partial charge < -0.3 is 5.73 Å². The normalized spacial score (nSPS) is 14.4. The van der Waals surface area contributed by atoms with Crippen molar-refractivity contribution in [3.63, 3.8) is 0 Å². The number of carbonyl (C=O) groups excluding carboxylic acids is 1. The molecule has 100 valence electrons. The van der Waals surface area contributed by atoms with Crippen LogP contribution in [-0.4, -0.2) is 11.9 Å². The van der Waals surface area contributed by atoms with Gasteiger partial charge in [0.1, 0.15) is 0 Å². The van der Waals surface area contributed by atoms with Crippen LogP contribution in [0.4, 0.5) is 0 Å². The highest BCUT2D eigenvalue weighted by atomic mass is 16.1. The molecule has 0 fully saturated rings. The minimum absolute atomic E-state index is 0.191. The highest BCUT2D eigenvalue weighted by Gasteiger charge is 2.23. The highest BCUT2D eigenvalue weighted by Crippen LogP contribution is 2.20. The van der Waals surface area contributed by atoms with Gasteiger partial charge in [-0.15, -0.1) is 0 Å². The first-order chi connectivity index (χ1) is 8.56. The minimum Gasteiger partial charge on any atom is -0.368 e. The Kier molecular flexibility index (Phi) is 5.86. The summed E-state index contributed by atoms with van der Waals surface area (Å²) in [6.07, 6.45) is 2.07. The van der Waals surface area contributed by atoms with E-state index >= 15 is 0 Å². The average Bonchev–Trinajstić information content (AvgIpc) is 2.34. The number of carbonyl (C=O) groups is 1.